The Balaban J connectivity index is 1.39. The number of benzene rings is 2. The third kappa shape index (κ3) is 2.87. The highest BCUT2D eigenvalue weighted by atomic mass is 16.3. The minimum atomic E-state index is -0.116. The smallest absolute Gasteiger partial charge is 0.290 e. The quantitative estimate of drug-likeness (QED) is 0.428. The highest BCUT2D eigenvalue weighted by Crippen LogP contribution is 2.32. The van der Waals surface area contributed by atoms with Gasteiger partial charge in [0.1, 0.15) is 11.4 Å². The zero-order chi connectivity index (χ0) is 20.9. The Labute approximate surface area is 178 Å². The first kappa shape index (κ1) is 17.8. The second kappa shape index (κ2) is 6.74. The predicted molar refractivity (Wildman–Crippen MR) is 117 cm³/mol. The summed E-state index contributed by atoms with van der Waals surface area (Å²) in [6, 6.07) is 21.8. The largest absolute Gasteiger partial charge is 0.451 e. The molecule has 5 aromatic rings. The van der Waals surface area contributed by atoms with Gasteiger partial charge in [-0.2, -0.15) is 5.10 Å². The number of carbonyl (C=O) groups is 1. The lowest BCUT2D eigenvalue weighted by Gasteiger charge is -2.16. The zero-order valence-corrected chi connectivity index (χ0v) is 17.0. The molecule has 1 aliphatic rings. The van der Waals surface area contributed by atoms with E-state index >= 15 is 0 Å². The van der Waals surface area contributed by atoms with Crippen LogP contribution in [0.1, 0.15) is 27.4 Å². The van der Waals surface area contributed by atoms with Crippen LogP contribution in [0, 0.1) is 6.92 Å². The van der Waals surface area contributed by atoms with Gasteiger partial charge < -0.3 is 13.9 Å². The molecule has 1 aliphatic heterocycles. The van der Waals surface area contributed by atoms with Crippen molar-refractivity contribution >= 4 is 16.9 Å². The van der Waals surface area contributed by atoms with E-state index in [0.29, 0.717) is 18.8 Å². The zero-order valence-electron chi connectivity index (χ0n) is 17.0. The summed E-state index contributed by atoms with van der Waals surface area (Å²) in [6.07, 6.45) is 4.01. The number of aromatic nitrogens is 3. The number of para-hydroxylation sites is 1. The van der Waals surface area contributed by atoms with E-state index in [1.165, 1.54) is 5.56 Å². The van der Waals surface area contributed by atoms with Crippen LogP contribution in [0.3, 0.4) is 0 Å². The second-order valence-electron chi connectivity index (χ2n) is 7.90. The van der Waals surface area contributed by atoms with Crippen LogP contribution in [0.25, 0.3) is 22.5 Å². The summed E-state index contributed by atoms with van der Waals surface area (Å²) in [5, 5.41) is 5.83. The number of amides is 1. The molecule has 0 saturated carbocycles. The van der Waals surface area contributed by atoms with Crippen LogP contribution >= 0.6 is 0 Å². The van der Waals surface area contributed by atoms with Crippen molar-refractivity contribution < 1.29 is 9.21 Å². The number of carbonyl (C=O) groups excluding carboxylic acids is 1. The van der Waals surface area contributed by atoms with Crippen molar-refractivity contribution in [1.82, 2.24) is 19.2 Å². The minimum absolute atomic E-state index is 0.116. The number of furan rings is 1. The molecule has 6 heteroatoms. The van der Waals surface area contributed by atoms with Crippen molar-refractivity contribution in [2.45, 2.75) is 20.0 Å². The Bertz CT molecular complexity index is 1390. The average molecular weight is 408 g/mol. The average Bonchev–Trinajstić information content (AvgIpc) is 3.55. The van der Waals surface area contributed by atoms with Gasteiger partial charge in [0.05, 0.1) is 24.5 Å². The van der Waals surface area contributed by atoms with Gasteiger partial charge in [0, 0.05) is 23.3 Å². The molecule has 4 heterocycles. The number of hydrogen-bond acceptors (Lipinski definition) is 3. The third-order valence-corrected chi connectivity index (χ3v) is 5.75. The van der Waals surface area contributed by atoms with Gasteiger partial charge in [-0.1, -0.05) is 30.3 Å². The molecule has 2 aromatic carbocycles. The molecule has 0 spiro atoms. The third-order valence-electron chi connectivity index (χ3n) is 5.75. The molecule has 3 aromatic heterocycles. The summed E-state index contributed by atoms with van der Waals surface area (Å²) >= 11 is 0. The van der Waals surface area contributed by atoms with Gasteiger partial charge in [0.25, 0.3) is 5.91 Å². The summed E-state index contributed by atoms with van der Waals surface area (Å²) in [4.78, 5) is 15.0. The van der Waals surface area contributed by atoms with E-state index in [1.54, 1.807) is 4.90 Å². The van der Waals surface area contributed by atoms with Gasteiger partial charge in [0.2, 0.25) is 0 Å². The first-order chi connectivity index (χ1) is 15.2. The fourth-order valence-corrected chi connectivity index (χ4v) is 4.27. The molecule has 0 bridgehead atoms. The lowest BCUT2D eigenvalue weighted by molar-refractivity contribution is 0.0719. The molecule has 1 amide bonds. The number of aryl methyl sites for hydroxylation is 1. The van der Waals surface area contributed by atoms with Crippen molar-refractivity contribution in [3.05, 3.63) is 102 Å². The monoisotopic (exact) mass is 408 g/mol. The molecular formula is C25H20N4O2. The fourth-order valence-electron chi connectivity index (χ4n) is 4.27. The molecule has 6 nitrogen and oxygen atoms in total. The molecular weight excluding hydrogens is 388 g/mol. The maximum Gasteiger partial charge on any atom is 0.290 e. The highest BCUT2D eigenvalue weighted by Gasteiger charge is 2.33. The normalized spacial score (nSPS) is 13.1. The molecule has 0 aliphatic carbocycles. The van der Waals surface area contributed by atoms with Crippen LogP contribution in [-0.2, 0) is 13.1 Å². The van der Waals surface area contributed by atoms with Gasteiger partial charge in [-0.05, 0) is 48.9 Å². The number of rotatable bonds is 3. The van der Waals surface area contributed by atoms with Crippen LogP contribution < -0.4 is 0 Å². The van der Waals surface area contributed by atoms with Crippen LogP contribution in [0.5, 0.6) is 0 Å². The van der Waals surface area contributed by atoms with Gasteiger partial charge in [-0.25, -0.2) is 4.68 Å². The molecule has 0 radical (unpaired) electrons. The molecule has 6 rings (SSSR count). The Hall–Kier alpha value is -4.06. The number of fused-ring (bicyclic) bond motifs is 2. The Morgan fingerprint density at radius 1 is 0.968 bits per heavy atom. The molecule has 0 fully saturated rings. The lowest BCUT2D eigenvalue weighted by Crippen LogP contribution is -2.26. The summed E-state index contributed by atoms with van der Waals surface area (Å²) in [5.74, 6) is 1.21. The van der Waals surface area contributed by atoms with E-state index in [1.807, 2.05) is 65.6 Å². The van der Waals surface area contributed by atoms with E-state index in [9.17, 15) is 4.79 Å². The van der Waals surface area contributed by atoms with Crippen LogP contribution in [0.15, 0.2) is 83.5 Å². The van der Waals surface area contributed by atoms with E-state index < -0.39 is 0 Å². The van der Waals surface area contributed by atoms with E-state index in [4.69, 9.17) is 9.52 Å². The van der Waals surface area contributed by atoms with Crippen molar-refractivity contribution in [1.29, 1.82) is 0 Å². The Morgan fingerprint density at radius 3 is 2.61 bits per heavy atom. The molecule has 0 unspecified atom stereocenters. The van der Waals surface area contributed by atoms with E-state index in [-0.39, 0.29) is 5.91 Å². The summed E-state index contributed by atoms with van der Waals surface area (Å²) < 4.78 is 9.84. The van der Waals surface area contributed by atoms with Gasteiger partial charge in [-0.3, -0.25) is 4.79 Å². The molecule has 152 valence electrons. The number of nitrogens with zero attached hydrogens (tertiary/aromatic N) is 4. The molecule has 0 saturated heterocycles. The van der Waals surface area contributed by atoms with Crippen LogP contribution in [0.2, 0.25) is 0 Å². The Kier molecular flexibility index (Phi) is 3.86. The summed E-state index contributed by atoms with van der Waals surface area (Å²) in [7, 11) is 0. The summed E-state index contributed by atoms with van der Waals surface area (Å²) in [5.41, 5.74) is 4.87. The minimum Gasteiger partial charge on any atom is -0.451 e. The second-order valence-corrected chi connectivity index (χ2v) is 7.90. The standard InChI is InChI=1S/C25H20N4O2/c1-17-7-6-9-19(13-17)29-24(27-11-4-5-12-27)20-15-28(16-21(20)26-29)25(30)23-14-18-8-2-3-10-22(18)31-23/h2-14H,15-16H2,1H3. The Morgan fingerprint density at radius 2 is 1.81 bits per heavy atom. The topological polar surface area (TPSA) is 56.2 Å². The van der Waals surface area contributed by atoms with E-state index in [2.05, 4.69) is 29.7 Å². The maximum atomic E-state index is 13.2. The lowest BCUT2D eigenvalue weighted by atomic mass is 10.2. The predicted octanol–water partition coefficient (Wildman–Crippen LogP) is 4.87. The van der Waals surface area contributed by atoms with Crippen molar-refractivity contribution in [2.75, 3.05) is 0 Å². The van der Waals surface area contributed by atoms with Gasteiger partial charge >= 0.3 is 0 Å². The van der Waals surface area contributed by atoms with Crippen LogP contribution in [-0.4, -0.2) is 25.2 Å². The SMILES string of the molecule is Cc1cccc(-n2nc3c(c2-n2cccc2)CN(C(=O)c2cc4ccccc4o2)C3)c1. The van der Waals surface area contributed by atoms with Crippen molar-refractivity contribution in [2.24, 2.45) is 0 Å². The van der Waals surface area contributed by atoms with E-state index in [0.717, 1.165) is 33.7 Å². The maximum absolute atomic E-state index is 13.2. The molecule has 31 heavy (non-hydrogen) atoms. The van der Waals surface area contributed by atoms with Crippen molar-refractivity contribution in [3.63, 3.8) is 0 Å². The first-order valence-corrected chi connectivity index (χ1v) is 10.3. The first-order valence-electron chi connectivity index (χ1n) is 10.3. The number of hydrogen-bond donors (Lipinski definition) is 0. The molecule has 0 atom stereocenters. The van der Waals surface area contributed by atoms with Crippen LogP contribution in [0.4, 0.5) is 0 Å². The summed E-state index contributed by atoms with van der Waals surface area (Å²) in [6.45, 7) is 3.02. The van der Waals surface area contributed by atoms with Crippen molar-refractivity contribution in [3.8, 4) is 11.5 Å². The van der Waals surface area contributed by atoms with Gasteiger partial charge in [-0.15, -0.1) is 0 Å². The highest BCUT2D eigenvalue weighted by molar-refractivity contribution is 5.96. The fraction of sp³-hybridized carbons (Fsp3) is 0.120. The van der Waals surface area contributed by atoms with Gasteiger partial charge in [0.15, 0.2) is 5.76 Å². The molecule has 0 N–H and O–H groups in total.